The first-order valence-corrected chi connectivity index (χ1v) is 7.05. The highest BCUT2D eigenvalue weighted by atomic mass is 79.9. The van der Waals surface area contributed by atoms with Gasteiger partial charge in [0.15, 0.2) is 5.17 Å². The molecule has 1 saturated heterocycles. The third kappa shape index (κ3) is 3.50. The van der Waals surface area contributed by atoms with E-state index in [1.165, 1.54) is 11.8 Å². The van der Waals surface area contributed by atoms with E-state index in [0.29, 0.717) is 18.1 Å². The number of carbonyl (C=O) groups is 1. The Morgan fingerprint density at radius 1 is 1.20 bits per heavy atom. The molecule has 20 heavy (non-hydrogen) atoms. The lowest BCUT2D eigenvalue weighted by Gasteiger charge is -2.27. The number of carbonyl (C=O) groups excluding carboxylic acids is 1. The third-order valence-corrected chi connectivity index (χ3v) is 4.03. The zero-order chi connectivity index (χ0) is 13.1. The van der Waals surface area contributed by atoms with E-state index in [2.05, 4.69) is 9.89 Å². The Kier molecular flexibility index (Phi) is 5.39. The molecule has 2 aliphatic heterocycles. The maximum absolute atomic E-state index is 11.9. The number of morpholine rings is 1. The van der Waals surface area contributed by atoms with Gasteiger partial charge in [0.25, 0.3) is 5.91 Å². The second kappa shape index (κ2) is 7.06. The Hall–Kier alpha value is -1.11. The topological polar surface area (TPSA) is 41.9 Å². The highest BCUT2D eigenvalue weighted by Crippen LogP contribution is 2.30. The van der Waals surface area contributed by atoms with E-state index in [0.717, 1.165) is 23.8 Å². The van der Waals surface area contributed by atoms with Crippen molar-refractivity contribution in [3.05, 3.63) is 40.8 Å². The van der Waals surface area contributed by atoms with Gasteiger partial charge in [0.2, 0.25) is 0 Å². The molecule has 0 bridgehead atoms. The van der Waals surface area contributed by atoms with Crippen LogP contribution in [0.3, 0.4) is 0 Å². The van der Waals surface area contributed by atoms with Gasteiger partial charge >= 0.3 is 0 Å². The van der Waals surface area contributed by atoms with Crippen molar-refractivity contribution in [2.45, 2.75) is 0 Å². The summed E-state index contributed by atoms with van der Waals surface area (Å²) in [7, 11) is 0. The second-order valence-electron chi connectivity index (χ2n) is 4.32. The summed E-state index contributed by atoms with van der Waals surface area (Å²) < 4.78 is 5.30. The molecule has 0 aromatic heterocycles. The minimum atomic E-state index is -0.143. The number of nitrogens with zero attached hydrogens (tertiary/aromatic N) is 2. The zero-order valence-electron chi connectivity index (χ0n) is 10.8. The lowest BCUT2D eigenvalue weighted by atomic mass is 10.2. The molecule has 0 unspecified atom stereocenters. The summed E-state index contributed by atoms with van der Waals surface area (Å²) in [6, 6.07) is 9.84. The molecule has 1 fully saturated rings. The van der Waals surface area contributed by atoms with Crippen molar-refractivity contribution in [1.82, 2.24) is 4.90 Å². The SMILES string of the molecule is Br.O=C1N=C(N2CCOCC2)SC1=Cc1ccccc1. The molecule has 1 amide bonds. The van der Waals surface area contributed by atoms with Crippen molar-refractivity contribution in [3.8, 4) is 0 Å². The molecule has 0 saturated carbocycles. The minimum Gasteiger partial charge on any atom is -0.378 e. The number of thioether (sulfide) groups is 1. The Morgan fingerprint density at radius 2 is 1.90 bits per heavy atom. The Labute approximate surface area is 132 Å². The molecule has 0 aliphatic carbocycles. The normalized spacial score (nSPS) is 20.8. The van der Waals surface area contributed by atoms with Crippen LogP contribution in [-0.4, -0.2) is 42.3 Å². The Bertz CT molecular complexity index is 539. The van der Waals surface area contributed by atoms with Gasteiger partial charge in [-0.05, 0) is 23.4 Å². The maximum atomic E-state index is 11.9. The van der Waals surface area contributed by atoms with Crippen molar-refractivity contribution in [1.29, 1.82) is 0 Å². The Morgan fingerprint density at radius 3 is 2.60 bits per heavy atom. The van der Waals surface area contributed by atoms with Crippen LogP contribution in [0.2, 0.25) is 0 Å². The van der Waals surface area contributed by atoms with Crippen LogP contribution in [0.25, 0.3) is 6.08 Å². The van der Waals surface area contributed by atoms with Crippen molar-refractivity contribution in [3.63, 3.8) is 0 Å². The van der Waals surface area contributed by atoms with Gasteiger partial charge in [-0.2, -0.15) is 4.99 Å². The molecule has 0 N–H and O–H groups in total. The molecule has 1 aromatic carbocycles. The van der Waals surface area contributed by atoms with E-state index in [9.17, 15) is 4.79 Å². The lowest BCUT2D eigenvalue weighted by molar-refractivity contribution is -0.113. The predicted molar refractivity (Wildman–Crippen MR) is 87.2 cm³/mol. The monoisotopic (exact) mass is 354 g/mol. The molecule has 6 heteroatoms. The van der Waals surface area contributed by atoms with Crippen LogP contribution in [0.1, 0.15) is 5.56 Å². The van der Waals surface area contributed by atoms with Gasteiger partial charge in [0.1, 0.15) is 0 Å². The number of amidine groups is 1. The van der Waals surface area contributed by atoms with E-state index in [1.807, 2.05) is 36.4 Å². The summed E-state index contributed by atoms with van der Waals surface area (Å²) in [6.07, 6.45) is 1.89. The van der Waals surface area contributed by atoms with Crippen molar-refractivity contribution in [2.24, 2.45) is 4.99 Å². The zero-order valence-corrected chi connectivity index (χ0v) is 13.3. The van der Waals surface area contributed by atoms with Gasteiger partial charge in [-0.15, -0.1) is 17.0 Å². The summed E-state index contributed by atoms with van der Waals surface area (Å²) in [5.74, 6) is -0.143. The van der Waals surface area contributed by atoms with Gasteiger partial charge in [-0.3, -0.25) is 4.79 Å². The second-order valence-corrected chi connectivity index (χ2v) is 5.33. The first-order chi connectivity index (χ1) is 9.33. The molecule has 4 nitrogen and oxygen atoms in total. The van der Waals surface area contributed by atoms with E-state index in [1.54, 1.807) is 0 Å². The van der Waals surface area contributed by atoms with Crippen molar-refractivity contribution >= 4 is 45.9 Å². The largest absolute Gasteiger partial charge is 0.378 e. The fourth-order valence-corrected chi connectivity index (χ4v) is 2.95. The standard InChI is InChI=1S/C14H14N2O2S.BrH/c17-13-12(10-11-4-2-1-3-5-11)19-14(15-13)16-6-8-18-9-7-16;/h1-5,10H,6-9H2;1H. The minimum absolute atomic E-state index is 0. The number of hydrogen-bond acceptors (Lipinski definition) is 4. The summed E-state index contributed by atoms with van der Waals surface area (Å²) in [6.45, 7) is 3.01. The van der Waals surface area contributed by atoms with E-state index >= 15 is 0 Å². The van der Waals surface area contributed by atoms with Crippen LogP contribution >= 0.6 is 28.7 Å². The average molecular weight is 355 g/mol. The molecular formula is C14H15BrN2O2S. The van der Waals surface area contributed by atoms with Crippen LogP contribution in [0.4, 0.5) is 0 Å². The summed E-state index contributed by atoms with van der Waals surface area (Å²) in [5, 5.41) is 0.801. The van der Waals surface area contributed by atoms with E-state index < -0.39 is 0 Å². The number of halogens is 1. The maximum Gasteiger partial charge on any atom is 0.286 e. The van der Waals surface area contributed by atoms with E-state index in [-0.39, 0.29) is 22.9 Å². The molecule has 0 spiro atoms. The molecule has 1 aromatic rings. The molecule has 3 rings (SSSR count). The average Bonchev–Trinajstić information content (AvgIpc) is 2.82. The first kappa shape index (κ1) is 15.3. The highest BCUT2D eigenvalue weighted by molar-refractivity contribution is 8.93. The predicted octanol–water partition coefficient (Wildman–Crippen LogP) is 2.57. The van der Waals surface area contributed by atoms with Crippen LogP contribution in [0.5, 0.6) is 0 Å². The third-order valence-electron chi connectivity index (χ3n) is 2.99. The number of hydrogen-bond donors (Lipinski definition) is 0. The van der Waals surface area contributed by atoms with Crippen molar-refractivity contribution < 1.29 is 9.53 Å². The van der Waals surface area contributed by atoms with Crippen LogP contribution in [0.15, 0.2) is 40.2 Å². The van der Waals surface area contributed by atoms with Gasteiger partial charge in [-0.1, -0.05) is 30.3 Å². The van der Waals surface area contributed by atoms with Crippen molar-refractivity contribution in [2.75, 3.05) is 26.3 Å². The van der Waals surface area contributed by atoms with Crippen LogP contribution in [0, 0.1) is 0 Å². The Balaban J connectivity index is 0.00000147. The molecular weight excluding hydrogens is 340 g/mol. The first-order valence-electron chi connectivity index (χ1n) is 6.23. The molecule has 0 radical (unpaired) electrons. The number of rotatable bonds is 1. The quantitative estimate of drug-likeness (QED) is 0.727. The number of amides is 1. The molecule has 106 valence electrons. The highest BCUT2D eigenvalue weighted by Gasteiger charge is 2.26. The fraction of sp³-hybridized carbons (Fsp3) is 0.286. The molecule has 2 aliphatic rings. The molecule has 0 atom stereocenters. The van der Waals surface area contributed by atoms with Crippen LogP contribution in [-0.2, 0) is 9.53 Å². The molecule has 2 heterocycles. The van der Waals surface area contributed by atoms with Gasteiger partial charge in [0.05, 0.1) is 18.1 Å². The number of ether oxygens (including phenoxy) is 1. The summed E-state index contributed by atoms with van der Waals surface area (Å²) in [4.78, 5) is 18.8. The van der Waals surface area contributed by atoms with Gasteiger partial charge in [0, 0.05) is 13.1 Å². The lowest BCUT2D eigenvalue weighted by Crippen LogP contribution is -2.38. The van der Waals surface area contributed by atoms with Gasteiger partial charge < -0.3 is 9.64 Å². The fourth-order valence-electron chi connectivity index (χ4n) is 1.99. The summed E-state index contributed by atoms with van der Waals surface area (Å²) >= 11 is 1.45. The van der Waals surface area contributed by atoms with E-state index in [4.69, 9.17) is 4.74 Å². The van der Waals surface area contributed by atoms with Gasteiger partial charge in [-0.25, -0.2) is 0 Å². The smallest absolute Gasteiger partial charge is 0.286 e. The number of aliphatic imine (C=N–C) groups is 1. The summed E-state index contributed by atoms with van der Waals surface area (Å²) in [5.41, 5.74) is 1.02. The number of benzene rings is 1. The van der Waals surface area contributed by atoms with Crippen LogP contribution < -0.4 is 0 Å².